The molecule has 4 nitrogen and oxygen atoms in total. The van der Waals surface area contributed by atoms with Gasteiger partial charge in [-0.2, -0.15) is 0 Å². The van der Waals surface area contributed by atoms with Crippen LogP contribution in [0.25, 0.3) is 6.08 Å². The van der Waals surface area contributed by atoms with Crippen molar-refractivity contribution >= 4 is 29.3 Å². The lowest BCUT2D eigenvalue weighted by atomic mass is 10.1. The molecule has 4 heteroatoms. The standard InChI is InChI=1S/C21H22N2O2/c1-2-16-8-10-17(11-9-16)12-13-20(24)22-18-5-3-6-19(15-18)23-14-4-7-21(23)25/h3,5-6,8-13,15H,2,4,7,14H2,1H3,(H,22,24)/b13-12+. The fourth-order valence-corrected chi connectivity index (χ4v) is 2.89. The Labute approximate surface area is 148 Å². The molecule has 0 unspecified atom stereocenters. The van der Waals surface area contributed by atoms with Gasteiger partial charge in [0.1, 0.15) is 0 Å². The fraction of sp³-hybridized carbons (Fsp3) is 0.238. The number of anilines is 2. The Kier molecular flexibility index (Phi) is 5.29. The highest BCUT2D eigenvalue weighted by Crippen LogP contribution is 2.24. The first-order valence-electron chi connectivity index (χ1n) is 8.64. The molecule has 0 aliphatic carbocycles. The number of carbonyl (C=O) groups is 2. The summed E-state index contributed by atoms with van der Waals surface area (Å²) in [6.07, 6.45) is 5.79. The first-order chi connectivity index (χ1) is 12.2. The van der Waals surface area contributed by atoms with E-state index in [0.29, 0.717) is 12.1 Å². The van der Waals surface area contributed by atoms with Gasteiger partial charge in [-0.15, -0.1) is 0 Å². The van der Waals surface area contributed by atoms with Crippen LogP contribution < -0.4 is 10.2 Å². The molecule has 1 saturated heterocycles. The number of aryl methyl sites for hydroxylation is 1. The molecule has 1 fully saturated rings. The zero-order chi connectivity index (χ0) is 17.6. The number of hydrogen-bond donors (Lipinski definition) is 1. The molecule has 1 heterocycles. The van der Waals surface area contributed by atoms with Crippen molar-refractivity contribution in [2.45, 2.75) is 26.2 Å². The highest BCUT2D eigenvalue weighted by atomic mass is 16.2. The van der Waals surface area contributed by atoms with Crippen LogP contribution in [0.3, 0.4) is 0 Å². The first-order valence-corrected chi connectivity index (χ1v) is 8.64. The molecule has 0 saturated carbocycles. The van der Waals surface area contributed by atoms with E-state index in [-0.39, 0.29) is 11.8 Å². The fourth-order valence-electron chi connectivity index (χ4n) is 2.89. The van der Waals surface area contributed by atoms with Crippen LogP contribution in [0.2, 0.25) is 0 Å². The van der Waals surface area contributed by atoms with Crippen LogP contribution in [-0.4, -0.2) is 18.4 Å². The zero-order valence-electron chi connectivity index (χ0n) is 14.4. The van der Waals surface area contributed by atoms with Crippen LogP contribution in [0.5, 0.6) is 0 Å². The minimum absolute atomic E-state index is 0.138. The smallest absolute Gasteiger partial charge is 0.248 e. The summed E-state index contributed by atoms with van der Waals surface area (Å²) in [7, 11) is 0. The molecule has 0 atom stereocenters. The number of rotatable bonds is 5. The third-order valence-corrected chi connectivity index (χ3v) is 4.31. The number of benzene rings is 2. The average Bonchev–Trinajstić information content (AvgIpc) is 3.06. The summed E-state index contributed by atoms with van der Waals surface area (Å²) < 4.78 is 0. The quantitative estimate of drug-likeness (QED) is 0.839. The molecular weight excluding hydrogens is 312 g/mol. The number of amides is 2. The second kappa shape index (κ2) is 7.79. The summed E-state index contributed by atoms with van der Waals surface area (Å²) >= 11 is 0. The minimum atomic E-state index is -0.190. The van der Waals surface area contributed by atoms with Gasteiger partial charge >= 0.3 is 0 Å². The second-order valence-electron chi connectivity index (χ2n) is 6.12. The second-order valence-corrected chi connectivity index (χ2v) is 6.12. The summed E-state index contributed by atoms with van der Waals surface area (Å²) in [5.41, 5.74) is 3.78. The van der Waals surface area contributed by atoms with E-state index in [2.05, 4.69) is 24.4 Å². The molecule has 0 aromatic heterocycles. The van der Waals surface area contributed by atoms with E-state index < -0.39 is 0 Å². The van der Waals surface area contributed by atoms with Crippen molar-refractivity contribution in [3.63, 3.8) is 0 Å². The predicted molar refractivity (Wildman–Crippen MR) is 102 cm³/mol. The topological polar surface area (TPSA) is 49.4 Å². The summed E-state index contributed by atoms with van der Waals surface area (Å²) in [5, 5.41) is 2.85. The van der Waals surface area contributed by atoms with E-state index in [1.54, 1.807) is 11.0 Å². The van der Waals surface area contributed by atoms with E-state index in [4.69, 9.17) is 0 Å². The van der Waals surface area contributed by atoms with Crippen molar-refractivity contribution in [3.8, 4) is 0 Å². The van der Waals surface area contributed by atoms with Crippen LogP contribution >= 0.6 is 0 Å². The maximum Gasteiger partial charge on any atom is 0.248 e. The Morgan fingerprint density at radius 2 is 2.00 bits per heavy atom. The summed E-state index contributed by atoms with van der Waals surface area (Å²) in [6.45, 7) is 2.85. The van der Waals surface area contributed by atoms with Gasteiger partial charge in [-0.3, -0.25) is 9.59 Å². The van der Waals surface area contributed by atoms with Crippen LogP contribution in [0.4, 0.5) is 11.4 Å². The summed E-state index contributed by atoms with van der Waals surface area (Å²) in [4.78, 5) is 25.7. The van der Waals surface area contributed by atoms with Gasteiger partial charge < -0.3 is 10.2 Å². The maximum absolute atomic E-state index is 12.1. The molecule has 25 heavy (non-hydrogen) atoms. The van der Waals surface area contributed by atoms with Gasteiger partial charge in [0.05, 0.1) is 0 Å². The minimum Gasteiger partial charge on any atom is -0.322 e. The van der Waals surface area contributed by atoms with Gasteiger partial charge in [-0.25, -0.2) is 0 Å². The third-order valence-electron chi connectivity index (χ3n) is 4.31. The molecule has 2 aromatic carbocycles. The Morgan fingerprint density at radius 3 is 2.68 bits per heavy atom. The number of carbonyl (C=O) groups excluding carboxylic acids is 2. The number of nitrogens with one attached hydrogen (secondary N) is 1. The number of nitrogens with zero attached hydrogens (tertiary/aromatic N) is 1. The third kappa shape index (κ3) is 4.35. The maximum atomic E-state index is 12.1. The lowest BCUT2D eigenvalue weighted by Gasteiger charge is -2.16. The molecule has 2 aromatic rings. The van der Waals surface area contributed by atoms with Gasteiger partial charge in [0.2, 0.25) is 11.8 Å². The van der Waals surface area contributed by atoms with Crippen molar-refractivity contribution in [2.75, 3.05) is 16.8 Å². The van der Waals surface area contributed by atoms with Crippen LogP contribution in [0.15, 0.2) is 54.6 Å². The lowest BCUT2D eigenvalue weighted by Crippen LogP contribution is -2.23. The highest BCUT2D eigenvalue weighted by molar-refractivity contribution is 6.02. The van der Waals surface area contributed by atoms with Gasteiger partial charge in [0.15, 0.2) is 0 Å². The van der Waals surface area contributed by atoms with Crippen LogP contribution in [0.1, 0.15) is 30.9 Å². The zero-order valence-corrected chi connectivity index (χ0v) is 14.4. The predicted octanol–water partition coefficient (Wildman–Crippen LogP) is 4.03. The molecule has 1 aliphatic rings. The van der Waals surface area contributed by atoms with Gasteiger partial charge in [0.25, 0.3) is 0 Å². The summed E-state index contributed by atoms with van der Waals surface area (Å²) in [6, 6.07) is 15.5. The molecular formula is C21H22N2O2. The molecule has 1 aliphatic heterocycles. The normalized spacial score (nSPS) is 14.3. The van der Waals surface area contributed by atoms with Crippen molar-refractivity contribution in [1.29, 1.82) is 0 Å². The van der Waals surface area contributed by atoms with E-state index in [9.17, 15) is 9.59 Å². The van der Waals surface area contributed by atoms with Crippen molar-refractivity contribution in [2.24, 2.45) is 0 Å². The monoisotopic (exact) mass is 334 g/mol. The van der Waals surface area contributed by atoms with E-state index in [0.717, 1.165) is 30.6 Å². The molecule has 1 N–H and O–H groups in total. The molecule has 128 valence electrons. The van der Waals surface area contributed by atoms with Gasteiger partial charge in [-0.05, 0) is 48.2 Å². The SMILES string of the molecule is CCc1ccc(/C=C/C(=O)Nc2cccc(N3CCCC3=O)c2)cc1. The van der Waals surface area contributed by atoms with Crippen LogP contribution in [-0.2, 0) is 16.0 Å². The van der Waals surface area contributed by atoms with E-state index in [1.165, 1.54) is 11.6 Å². The van der Waals surface area contributed by atoms with Gasteiger partial charge in [0, 0.05) is 30.4 Å². The Hall–Kier alpha value is -2.88. The average molecular weight is 334 g/mol. The molecule has 0 radical (unpaired) electrons. The Morgan fingerprint density at radius 1 is 1.20 bits per heavy atom. The molecule has 0 bridgehead atoms. The van der Waals surface area contributed by atoms with Crippen molar-refractivity contribution < 1.29 is 9.59 Å². The number of hydrogen-bond acceptors (Lipinski definition) is 2. The highest BCUT2D eigenvalue weighted by Gasteiger charge is 2.21. The van der Waals surface area contributed by atoms with Crippen molar-refractivity contribution in [1.82, 2.24) is 0 Å². The Balaban J connectivity index is 1.64. The Bertz CT molecular complexity index is 794. The largest absolute Gasteiger partial charge is 0.322 e. The van der Waals surface area contributed by atoms with E-state index >= 15 is 0 Å². The van der Waals surface area contributed by atoms with Crippen LogP contribution in [0, 0.1) is 0 Å². The molecule has 3 rings (SSSR count). The lowest BCUT2D eigenvalue weighted by molar-refractivity contribution is -0.117. The first kappa shape index (κ1) is 17.0. The molecule has 2 amide bonds. The van der Waals surface area contributed by atoms with Gasteiger partial charge in [-0.1, -0.05) is 37.3 Å². The van der Waals surface area contributed by atoms with Crippen molar-refractivity contribution in [3.05, 3.63) is 65.7 Å². The molecule has 0 spiro atoms. The summed E-state index contributed by atoms with van der Waals surface area (Å²) in [5.74, 6) is -0.0524. The van der Waals surface area contributed by atoms with E-state index in [1.807, 2.05) is 36.4 Å².